The molecule has 4 rings (SSSR count). The number of carboxylic acid groups (broad SMARTS) is 2. The van der Waals surface area contributed by atoms with E-state index in [-0.39, 0.29) is 0 Å². The third kappa shape index (κ3) is 6.29. The predicted molar refractivity (Wildman–Crippen MR) is 148 cm³/mol. The molecule has 3 aromatic carbocycles. The molecule has 0 radical (unpaired) electrons. The van der Waals surface area contributed by atoms with Gasteiger partial charge in [0.1, 0.15) is 0 Å². The quantitative estimate of drug-likeness (QED) is 0.225. The summed E-state index contributed by atoms with van der Waals surface area (Å²) in [5, 5.41) is 40.7. The second kappa shape index (κ2) is 13.0. The fourth-order valence-corrected chi connectivity index (χ4v) is 4.68. The third-order valence-electron chi connectivity index (χ3n) is 6.93. The minimum Gasteiger partial charge on any atom is -0.479 e. The Balaban J connectivity index is 0.000000263. The summed E-state index contributed by atoms with van der Waals surface area (Å²) >= 11 is 5.85. The van der Waals surface area contributed by atoms with Crippen molar-refractivity contribution < 1.29 is 39.6 Å². The fourth-order valence-electron chi connectivity index (χ4n) is 4.56. The third-order valence-corrected chi connectivity index (χ3v) is 7.18. The number of hydrogen-bond donors (Lipinski definition) is 4. The highest BCUT2D eigenvalue weighted by Crippen LogP contribution is 2.31. The first-order valence-electron chi connectivity index (χ1n) is 12.5. The van der Waals surface area contributed by atoms with Gasteiger partial charge in [-0.1, -0.05) is 84.4 Å². The van der Waals surface area contributed by atoms with Crippen LogP contribution in [0.4, 0.5) is 0 Å². The van der Waals surface area contributed by atoms with E-state index in [0.717, 1.165) is 41.8 Å². The number of hydrogen-bond acceptors (Lipinski definition) is 7. The summed E-state index contributed by atoms with van der Waals surface area (Å²) in [6, 6.07) is 21.8. The number of rotatable bonds is 9. The molecular weight excluding hydrogens is 538 g/mol. The number of nitrogens with zero attached hydrogens (tertiary/aromatic N) is 1. The molecule has 3 unspecified atom stereocenters. The van der Waals surface area contributed by atoms with Crippen molar-refractivity contribution >= 4 is 35.1 Å². The molecule has 0 aromatic heterocycles. The van der Waals surface area contributed by atoms with Crippen LogP contribution < -0.4 is 0 Å². The highest BCUT2D eigenvalue weighted by atomic mass is 35.5. The first-order chi connectivity index (χ1) is 18.9. The van der Waals surface area contributed by atoms with Gasteiger partial charge in [0.25, 0.3) is 11.2 Å². The van der Waals surface area contributed by atoms with Crippen molar-refractivity contribution in [2.24, 2.45) is 0 Å². The molecule has 4 N–H and O–H groups in total. The van der Waals surface area contributed by atoms with Gasteiger partial charge in [-0.15, -0.1) is 0 Å². The van der Waals surface area contributed by atoms with Gasteiger partial charge in [-0.3, -0.25) is 9.59 Å². The van der Waals surface area contributed by atoms with Crippen LogP contribution in [0.3, 0.4) is 0 Å². The molecule has 210 valence electrons. The number of Topliss-reactive ketones (excluding diaryl/α,β-unsaturated/α-hetero) is 2. The van der Waals surface area contributed by atoms with Gasteiger partial charge in [0, 0.05) is 22.2 Å². The van der Waals surface area contributed by atoms with Gasteiger partial charge in [0.05, 0.1) is 0 Å². The van der Waals surface area contributed by atoms with Crippen molar-refractivity contribution in [3.8, 4) is 0 Å². The van der Waals surface area contributed by atoms with Gasteiger partial charge in [0.2, 0.25) is 11.6 Å². The van der Waals surface area contributed by atoms with Gasteiger partial charge in [-0.05, 0) is 50.6 Å². The van der Waals surface area contributed by atoms with Gasteiger partial charge in [-0.2, -0.15) is 0 Å². The van der Waals surface area contributed by atoms with E-state index in [0.29, 0.717) is 0 Å². The van der Waals surface area contributed by atoms with Crippen molar-refractivity contribution in [3.63, 3.8) is 0 Å². The van der Waals surface area contributed by atoms with Crippen molar-refractivity contribution in [1.29, 1.82) is 0 Å². The van der Waals surface area contributed by atoms with E-state index in [9.17, 15) is 39.6 Å². The number of benzene rings is 3. The molecule has 1 aliphatic heterocycles. The van der Waals surface area contributed by atoms with Crippen LogP contribution in [0.5, 0.6) is 0 Å². The lowest BCUT2D eigenvalue weighted by molar-refractivity contribution is -0.187. The van der Waals surface area contributed by atoms with Crippen LogP contribution in [0.15, 0.2) is 84.9 Å². The zero-order chi connectivity index (χ0) is 29.5. The van der Waals surface area contributed by atoms with Crippen LogP contribution in [-0.4, -0.2) is 79.7 Å². The number of aliphatic hydroxyl groups is 2. The average Bonchev–Trinajstić information content (AvgIpc) is 3.37. The highest BCUT2D eigenvalue weighted by Gasteiger charge is 2.69. The number of halogens is 1. The maximum absolute atomic E-state index is 12.6. The molecule has 0 spiro atoms. The Morgan fingerprint density at radius 2 is 1.20 bits per heavy atom. The summed E-state index contributed by atoms with van der Waals surface area (Å²) < 4.78 is 0. The zero-order valence-electron chi connectivity index (χ0n) is 21.7. The Kier molecular flexibility index (Phi) is 9.94. The number of carbonyl (C=O) groups is 4. The second-order valence-corrected chi connectivity index (χ2v) is 9.97. The van der Waals surface area contributed by atoms with Crippen molar-refractivity contribution in [2.45, 2.75) is 36.5 Å². The van der Waals surface area contributed by atoms with E-state index < -0.39 is 45.8 Å². The molecule has 0 saturated carbocycles. The van der Waals surface area contributed by atoms with Crippen LogP contribution >= 0.6 is 11.6 Å². The van der Waals surface area contributed by atoms with Crippen molar-refractivity contribution in [1.82, 2.24) is 4.90 Å². The zero-order valence-corrected chi connectivity index (χ0v) is 22.5. The summed E-state index contributed by atoms with van der Waals surface area (Å²) in [7, 11) is 2.22. The Hall–Kier alpha value is -3.89. The number of ketones is 2. The van der Waals surface area contributed by atoms with Crippen LogP contribution in [-0.2, 0) is 16.0 Å². The molecule has 0 amide bonds. The Morgan fingerprint density at radius 3 is 1.55 bits per heavy atom. The Morgan fingerprint density at radius 1 is 0.775 bits per heavy atom. The largest absolute Gasteiger partial charge is 0.479 e. The maximum atomic E-state index is 12.6. The van der Waals surface area contributed by atoms with Gasteiger partial charge in [-0.25, -0.2) is 9.59 Å². The molecule has 1 fully saturated rings. The van der Waals surface area contributed by atoms with Crippen LogP contribution in [0.25, 0.3) is 0 Å². The summed E-state index contributed by atoms with van der Waals surface area (Å²) in [6.45, 7) is 1.25. The highest BCUT2D eigenvalue weighted by molar-refractivity contribution is 6.30. The first kappa shape index (κ1) is 30.6. The SMILES string of the molecule is CN1CCCC1Cc1ccc(Cl)cc1.O=C(O)C(O)(C(=O)c1ccccc1)C(O)(C(=O)O)C(=O)c1ccccc1. The lowest BCUT2D eigenvalue weighted by atomic mass is 9.73. The van der Waals surface area contributed by atoms with Crippen LogP contribution in [0.1, 0.15) is 39.1 Å². The van der Waals surface area contributed by atoms with E-state index in [1.165, 1.54) is 61.3 Å². The summed E-state index contributed by atoms with van der Waals surface area (Å²) in [4.78, 5) is 51.0. The summed E-state index contributed by atoms with van der Waals surface area (Å²) in [6.07, 6.45) is 3.83. The number of aliphatic carboxylic acids is 2. The molecule has 0 bridgehead atoms. The molecule has 0 aliphatic carbocycles. The standard InChI is InChI=1S/C18H14O8.C12H16ClN/c19-13(11-7-3-1-4-8-11)17(25,15(21)22)18(26,16(23)24)14(20)12-9-5-2-6-10-12;1-14-8-2-3-12(14)9-10-4-6-11(13)7-5-10/h1-10,25-26H,(H,21,22)(H,23,24);4-7,12H,2-3,8-9H2,1H3. The van der Waals surface area contributed by atoms with Crippen LogP contribution in [0, 0.1) is 0 Å². The van der Waals surface area contributed by atoms with Gasteiger partial charge in [0.15, 0.2) is 0 Å². The number of carbonyl (C=O) groups excluding carboxylic acids is 2. The van der Waals surface area contributed by atoms with E-state index in [4.69, 9.17) is 11.6 Å². The normalized spacial score (nSPS) is 17.9. The van der Waals surface area contributed by atoms with Gasteiger partial charge >= 0.3 is 11.9 Å². The smallest absolute Gasteiger partial charge is 0.348 e. The molecule has 9 nitrogen and oxygen atoms in total. The predicted octanol–water partition coefficient (Wildman–Crippen LogP) is 3.36. The number of likely N-dealkylation sites (tertiary alicyclic amines) is 1. The first-order valence-corrected chi connectivity index (χ1v) is 12.9. The lowest BCUT2D eigenvalue weighted by Gasteiger charge is -2.34. The van der Waals surface area contributed by atoms with Gasteiger partial charge < -0.3 is 25.3 Å². The molecule has 3 aromatic rings. The second-order valence-electron chi connectivity index (χ2n) is 9.53. The summed E-state index contributed by atoms with van der Waals surface area (Å²) in [5.74, 6) is -8.03. The Bertz CT molecular complexity index is 1280. The molecule has 40 heavy (non-hydrogen) atoms. The monoisotopic (exact) mass is 567 g/mol. The van der Waals surface area contributed by atoms with E-state index >= 15 is 0 Å². The van der Waals surface area contributed by atoms with E-state index in [1.54, 1.807) is 0 Å². The fraction of sp³-hybridized carbons (Fsp3) is 0.267. The minimum atomic E-state index is -3.95. The molecule has 3 atom stereocenters. The number of carboxylic acids is 2. The van der Waals surface area contributed by atoms with E-state index in [2.05, 4.69) is 24.1 Å². The topological polar surface area (TPSA) is 152 Å². The average molecular weight is 568 g/mol. The van der Waals surface area contributed by atoms with E-state index in [1.807, 2.05) is 12.1 Å². The molecule has 1 saturated heterocycles. The molecular formula is C30H30ClNO8. The summed E-state index contributed by atoms with van der Waals surface area (Å²) in [5.41, 5.74) is -7.29. The Labute approximate surface area is 236 Å². The molecule has 10 heteroatoms. The van der Waals surface area contributed by atoms with Crippen molar-refractivity contribution in [3.05, 3.63) is 107 Å². The van der Waals surface area contributed by atoms with Crippen molar-refractivity contribution in [2.75, 3.05) is 13.6 Å². The number of likely N-dealkylation sites (N-methyl/N-ethyl adjacent to an activating group) is 1. The minimum absolute atomic E-state index is 0.391. The van der Waals surface area contributed by atoms with Crippen LogP contribution in [0.2, 0.25) is 5.02 Å². The maximum Gasteiger partial charge on any atom is 0.348 e. The molecule has 1 aliphatic rings. The molecule has 1 heterocycles. The lowest BCUT2D eigenvalue weighted by Crippen LogP contribution is -2.71.